The zero-order valence-corrected chi connectivity index (χ0v) is 31.0. The maximum atomic E-state index is 2.49. The van der Waals surface area contributed by atoms with Crippen molar-refractivity contribution in [3.63, 3.8) is 0 Å². The lowest BCUT2D eigenvalue weighted by molar-refractivity contribution is 0.660. The van der Waals surface area contributed by atoms with E-state index in [1.807, 2.05) is 0 Å². The Balaban J connectivity index is 1.18. The predicted molar refractivity (Wildman–Crippen MR) is 229 cm³/mol. The Morgan fingerprint density at radius 1 is 0.407 bits per heavy atom. The normalized spacial score (nSPS) is 14.0. The molecule has 0 saturated heterocycles. The van der Waals surface area contributed by atoms with Gasteiger partial charge in [0, 0.05) is 22.4 Å². The summed E-state index contributed by atoms with van der Waals surface area (Å²) in [5.41, 5.74) is 19.4. The molecule has 0 saturated carbocycles. The fraction of sp³-hybridized carbons (Fsp3) is 0.132. The minimum Gasteiger partial charge on any atom is -0.310 e. The van der Waals surface area contributed by atoms with Crippen LogP contribution in [0.2, 0.25) is 0 Å². The van der Waals surface area contributed by atoms with Gasteiger partial charge >= 0.3 is 0 Å². The Morgan fingerprint density at radius 3 is 1.83 bits per heavy atom. The van der Waals surface area contributed by atoms with Gasteiger partial charge in [-0.2, -0.15) is 0 Å². The zero-order chi connectivity index (χ0) is 36.2. The van der Waals surface area contributed by atoms with Crippen molar-refractivity contribution in [1.29, 1.82) is 0 Å². The van der Waals surface area contributed by atoms with E-state index >= 15 is 0 Å². The van der Waals surface area contributed by atoms with Gasteiger partial charge in [-0.25, -0.2) is 0 Å². The number of hydrogen-bond acceptors (Lipinski definition) is 1. The molecule has 54 heavy (non-hydrogen) atoms. The highest BCUT2D eigenvalue weighted by molar-refractivity contribution is 6.01. The van der Waals surface area contributed by atoms with Gasteiger partial charge < -0.3 is 4.90 Å². The van der Waals surface area contributed by atoms with E-state index in [0.717, 1.165) is 23.5 Å². The second-order valence-electron chi connectivity index (χ2n) is 15.6. The monoisotopic (exact) mass is 693 g/mol. The highest BCUT2D eigenvalue weighted by Crippen LogP contribution is 2.52. The summed E-state index contributed by atoms with van der Waals surface area (Å²) < 4.78 is 0. The van der Waals surface area contributed by atoms with Crippen molar-refractivity contribution in [3.8, 4) is 44.5 Å². The van der Waals surface area contributed by atoms with E-state index in [2.05, 4.69) is 195 Å². The van der Waals surface area contributed by atoms with Crippen LogP contribution in [0.25, 0.3) is 55.3 Å². The van der Waals surface area contributed by atoms with E-state index in [-0.39, 0.29) is 5.41 Å². The third-order valence-electron chi connectivity index (χ3n) is 12.1. The average Bonchev–Trinajstić information content (AvgIpc) is 3.46. The molecule has 0 fully saturated rings. The summed E-state index contributed by atoms with van der Waals surface area (Å²) in [6.45, 7) is 4.74. The molecule has 0 N–H and O–H groups in total. The molecule has 2 aliphatic carbocycles. The lowest BCUT2D eigenvalue weighted by atomic mass is 9.82. The lowest BCUT2D eigenvalue weighted by Gasteiger charge is -2.30. The van der Waals surface area contributed by atoms with Gasteiger partial charge in [-0.15, -0.1) is 0 Å². The van der Waals surface area contributed by atoms with E-state index in [0.29, 0.717) is 0 Å². The number of nitrogens with zero attached hydrogens (tertiary/aromatic N) is 1. The molecule has 1 nitrogen and oxygen atoms in total. The number of hydrogen-bond donors (Lipinski definition) is 0. The molecule has 0 heterocycles. The van der Waals surface area contributed by atoms with Crippen molar-refractivity contribution in [3.05, 3.63) is 198 Å². The predicted octanol–water partition coefficient (Wildman–Crippen LogP) is 14.5. The molecule has 1 heteroatoms. The van der Waals surface area contributed by atoms with Crippen LogP contribution in [-0.4, -0.2) is 0 Å². The quantitative estimate of drug-likeness (QED) is 0.168. The van der Waals surface area contributed by atoms with Crippen molar-refractivity contribution in [2.45, 2.75) is 44.9 Å². The number of para-hydroxylation sites is 1. The van der Waals surface area contributed by atoms with Gasteiger partial charge in [0.1, 0.15) is 0 Å². The molecule has 0 atom stereocenters. The molecule has 260 valence electrons. The SMILES string of the molecule is CC1(C)c2ccccc2-c2ccc(N(c3ccc(-c4cccc5c4CCCC5)cc3)c3ccccc3-c3cc4ccccc4cc3-c3ccccc3)cc21. The maximum Gasteiger partial charge on any atom is 0.0540 e. The second kappa shape index (κ2) is 13.0. The number of aryl methyl sites for hydroxylation is 1. The van der Waals surface area contributed by atoms with E-state index < -0.39 is 0 Å². The Morgan fingerprint density at radius 2 is 1.02 bits per heavy atom. The third-order valence-corrected chi connectivity index (χ3v) is 12.1. The first-order valence-electron chi connectivity index (χ1n) is 19.5. The first-order chi connectivity index (χ1) is 26.5. The number of benzene rings is 8. The van der Waals surface area contributed by atoms with Crippen molar-refractivity contribution >= 4 is 27.8 Å². The molecule has 0 amide bonds. The van der Waals surface area contributed by atoms with Gasteiger partial charge in [-0.05, 0) is 140 Å². The zero-order valence-electron chi connectivity index (χ0n) is 31.0. The molecule has 8 aromatic rings. The third kappa shape index (κ3) is 5.38. The summed E-state index contributed by atoms with van der Waals surface area (Å²) in [5, 5.41) is 2.48. The van der Waals surface area contributed by atoms with Gasteiger partial charge in [-0.1, -0.05) is 147 Å². The van der Waals surface area contributed by atoms with E-state index in [1.54, 1.807) is 0 Å². The van der Waals surface area contributed by atoms with Crippen LogP contribution in [0.1, 0.15) is 48.9 Å². The van der Waals surface area contributed by atoms with Crippen LogP contribution in [0, 0.1) is 0 Å². The van der Waals surface area contributed by atoms with Crippen LogP contribution in [0.15, 0.2) is 176 Å². The molecular formula is C53H43N. The Bertz CT molecular complexity index is 2680. The Hall–Kier alpha value is -6.18. The highest BCUT2D eigenvalue weighted by Gasteiger charge is 2.36. The van der Waals surface area contributed by atoms with Crippen molar-refractivity contribution in [2.24, 2.45) is 0 Å². The van der Waals surface area contributed by atoms with Crippen LogP contribution in [0.5, 0.6) is 0 Å². The van der Waals surface area contributed by atoms with Crippen molar-refractivity contribution < 1.29 is 0 Å². The minimum atomic E-state index is -0.109. The topological polar surface area (TPSA) is 3.24 Å². The van der Waals surface area contributed by atoms with Crippen molar-refractivity contribution in [1.82, 2.24) is 0 Å². The molecule has 0 aromatic heterocycles. The summed E-state index contributed by atoms with van der Waals surface area (Å²) in [4.78, 5) is 2.49. The maximum absolute atomic E-state index is 2.49. The van der Waals surface area contributed by atoms with E-state index in [9.17, 15) is 0 Å². The minimum absolute atomic E-state index is 0.109. The van der Waals surface area contributed by atoms with Crippen LogP contribution in [0.4, 0.5) is 17.1 Å². The second-order valence-corrected chi connectivity index (χ2v) is 15.6. The van der Waals surface area contributed by atoms with Crippen LogP contribution in [0.3, 0.4) is 0 Å². The largest absolute Gasteiger partial charge is 0.310 e. The molecular weight excluding hydrogens is 651 g/mol. The van der Waals surface area contributed by atoms with Gasteiger partial charge in [0.2, 0.25) is 0 Å². The van der Waals surface area contributed by atoms with Gasteiger partial charge in [-0.3, -0.25) is 0 Å². The highest BCUT2D eigenvalue weighted by atomic mass is 15.1. The Kier molecular flexibility index (Phi) is 7.84. The first kappa shape index (κ1) is 32.5. The standard InChI is InChI=1S/C53H43N/c1-53(2)50-25-12-10-22-45(50)46-32-31-42(35-51(46)53)54(41-29-27-38(28-30-41)44-24-14-20-36-17-8-9-21-43(36)44)52-26-13-11-23-47(52)49-34-40-19-7-6-18-39(40)33-48(49)37-15-4-3-5-16-37/h3-7,10-16,18-20,22-35H,8-9,17,21H2,1-2H3. The van der Waals surface area contributed by atoms with Crippen LogP contribution >= 0.6 is 0 Å². The molecule has 0 aliphatic heterocycles. The fourth-order valence-corrected chi connectivity index (χ4v) is 9.32. The van der Waals surface area contributed by atoms with Crippen LogP contribution in [-0.2, 0) is 18.3 Å². The molecule has 0 spiro atoms. The number of anilines is 3. The molecule has 0 unspecified atom stereocenters. The smallest absolute Gasteiger partial charge is 0.0540 e. The number of fused-ring (bicyclic) bond motifs is 5. The fourth-order valence-electron chi connectivity index (χ4n) is 9.32. The molecule has 2 aliphatic rings. The molecule has 0 radical (unpaired) electrons. The summed E-state index contributed by atoms with van der Waals surface area (Å²) in [7, 11) is 0. The Labute approximate surface area is 319 Å². The first-order valence-corrected chi connectivity index (χ1v) is 19.5. The van der Waals surface area contributed by atoms with E-state index in [1.165, 1.54) is 96.8 Å². The summed E-state index contributed by atoms with van der Waals surface area (Å²) in [6, 6.07) is 65.6. The van der Waals surface area contributed by atoms with Gasteiger partial charge in [0.05, 0.1) is 5.69 Å². The van der Waals surface area contributed by atoms with Gasteiger partial charge in [0.25, 0.3) is 0 Å². The van der Waals surface area contributed by atoms with E-state index in [4.69, 9.17) is 0 Å². The average molecular weight is 694 g/mol. The molecule has 0 bridgehead atoms. The molecule has 10 rings (SSSR count). The summed E-state index contributed by atoms with van der Waals surface area (Å²) in [5.74, 6) is 0. The van der Waals surface area contributed by atoms with Crippen LogP contribution < -0.4 is 4.90 Å². The van der Waals surface area contributed by atoms with Crippen molar-refractivity contribution in [2.75, 3.05) is 4.90 Å². The summed E-state index contributed by atoms with van der Waals surface area (Å²) in [6.07, 6.45) is 4.90. The van der Waals surface area contributed by atoms with Gasteiger partial charge in [0.15, 0.2) is 0 Å². The molecule has 8 aromatic carbocycles. The summed E-state index contributed by atoms with van der Waals surface area (Å²) >= 11 is 0. The lowest BCUT2D eigenvalue weighted by Crippen LogP contribution is -2.17. The number of rotatable bonds is 6.